The van der Waals surface area contributed by atoms with Gasteiger partial charge in [-0.3, -0.25) is 4.79 Å². The summed E-state index contributed by atoms with van der Waals surface area (Å²) in [6.45, 7) is 1.97. The molecule has 0 saturated heterocycles. The summed E-state index contributed by atoms with van der Waals surface area (Å²) < 4.78 is 5.81. The Labute approximate surface area is 125 Å². The topological polar surface area (TPSA) is 29.5 Å². The maximum Gasteiger partial charge on any atom is 0.263 e. The molecule has 0 radical (unpaired) electrons. The van der Waals surface area contributed by atoms with Gasteiger partial charge in [0.25, 0.3) is 5.91 Å². The van der Waals surface area contributed by atoms with Crippen molar-refractivity contribution in [3.8, 4) is 5.75 Å². The van der Waals surface area contributed by atoms with Gasteiger partial charge in [-0.15, -0.1) is 0 Å². The highest BCUT2D eigenvalue weighted by Gasteiger charge is 2.29. The summed E-state index contributed by atoms with van der Waals surface area (Å²) in [4.78, 5) is 14.4. The van der Waals surface area contributed by atoms with Crippen LogP contribution in [0, 0.1) is 0 Å². The first-order valence-electron chi connectivity index (χ1n) is 7.30. The molecule has 0 unspecified atom stereocenters. The second-order valence-corrected chi connectivity index (χ2v) is 5.80. The number of benzene rings is 1. The van der Waals surface area contributed by atoms with Crippen molar-refractivity contribution < 1.29 is 9.53 Å². The van der Waals surface area contributed by atoms with Crippen molar-refractivity contribution in [2.24, 2.45) is 0 Å². The zero-order valence-electron chi connectivity index (χ0n) is 12.1. The quantitative estimate of drug-likeness (QED) is 0.824. The summed E-state index contributed by atoms with van der Waals surface area (Å²) in [7, 11) is 1.89. The third-order valence-electron chi connectivity index (χ3n) is 3.94. The molecule has 1 fully saturated rings. The molecule has 110 valence electrons. The van der Waals surface area contributed by atoms with Crippen LogP contribution in [0.3, 0.4) is 0 Å². The lowest BCUT2D eigenvalue weighted by atomic mass is 10.1. The van der Waals surface area contributed by atoms with Crippen LogP contribution in [0.4, 0.5) is 0 Å². The third kappa shape index (κ3) is 3.66. The van der Waals surface area contributed by atoms with Gasteiger partial charge >= 0.3 is 0 Å². The Kier molecular flexibility index (Phi) is 5.30. The number of nitrogens with zero attached hydrogens (tertiary/aromatic N) is 1. The molecule has 0 bridgehead atoms. The molecular formula is C16H22ClNO2. The van der Waals surface area contributed by atoms with E-state index in [4.69, 9.17) is 16.3 Å². The second-order valence-electron chi connectivity index (χ2n) is 5.36. The number of hydrogen-bond donors (Lipinski definition) is 0. The Hall–Kier alpha value is -1.22. The fourth-order valence-electron chi connectivity index (χ4n) is 2.71. The van der Waals surface area contributed by atoms with Gasteiger partial charge in [-0.1, -0.05) is 37.4 Å². The van der Waals surface area contributed by atoms with E-state index in [1.165, 1.54) is 12.8 Å². The van der Waals surface area contributed by atoms with Crippen molar-refractivity contribution in [1.82, 2.24) is 4.90 Å². The van der Waals surface area contributed by atoms with E-state index in [-0.39, 0.29) is 5.91 Å². The van der Waals surface area contributed by atoms with Crippen LogP contribution in [-0.4, -0.2) is 30.0 Å². The molecular weight excluding hydrogens is 274 g/mol. The lowest BCUT2D eigenvalue weighted by Gasteiger charge is -2.28. The van der Waals surface area contributed by atoms with Crippen molar-refractivity contribution in [2.45, 2.75) is 51.2 Å². The van der Waals surface area contributed by atoms with E-state index in [1.807, 2.05) is 31.0 Å². The average molecular weight is 296 g/mol. The van der Waals surface area contributed by atoms with Crippen LogP contribution in [0.5, 0.6) is 5.75 Å². The molecule has 4 heteroatoms. The van der Waals surface area contributed by atoms with Gasteiger partial charge in [0.2, 0.25) is 0 Å². The average Bonchev–Trinajstić information content (AvgIpc) is 2.97. The van der Waals surface area contributed by atoms with Crippen molar-refractivity contribution >= 4 is 17.5 Å². The Morgan fingerprint density at radius 3 is 2.75 bits per heavy atom. The van der Waals surface area contributed by atoms with Gasteiger partial charge in [0.05, 0.1) is 0 Å². The van der Waals surface area contributed by atoms with Crippen LogP contribution >= 0.6 is 11.6 Å². The predicted molar refractivity (Wildman–Crippen MR) is 81.2 cm³/mol. The van der Waals surface area contributed by atoms with Gasteiger partial charge in [0.1, 0.15) is 5.75 Å². The monoisotopic (exact) mass is 295 g/mol. The zero-order valence-corrected chi connectivity index (χ0v) is 12.9. The summed E-state index contributed by atoms with van der Waals surface area (Å²) in [6.07, 6.45) is 4.87. The highest BCUT2D eigenvalue weighted by atomic mass is 35.5. The molecule has 1 atom stereocenters. The SMILES string of the molecule is CC[C@@H](Oc1cccc(Cl)c1)C(=O)N(C)C1CCCC1. The number of carbonyl (C=O) groups is 1. The van der Waals surface area contributed by atoms with Crippen LogP contribution < -0.4 is 4.74 Å². The summed E-state index contributed by atoms with van der Waals surface area (Å²) >= 11 is 5.94. The number of amides is 1. The van der Waals surface area contributed by atoms with E-state index in [0.717, 1.165) is 12.8 Å². The summed E-state index contributed by atoms with van der Waals surface area (Å²) in [6, 6.07) is 7.57. The van der Waals surface area contributed by atoms with Gasteiger partial charge < -0.3 is 9.64 Å². The van der Waals surface area contributed by atoms with Crippen molar-refractivity contribution in [1.29, 1.82) is 0 Å². The van der Waals surface area contributed by atoms with Crippen molar-refractivity contribution in [3.05, 3.63) is 29.3 Å². The second kappa shape index (κ2) is 6.98. The van der Waals surface area contributed by atoms with Crippen LogP contribution in [-0.2, 0) is 4.79 Å². The molecule has 0 N–H and O–H groups in total. The fraction of sp³-hybridized carbons (Fsp3) is 0.562. The summed E-state index contributed by atoms with van der Waals surface area (Å²) in [5.41, 5.74) is 0. The molecule has 0 aliphatic heterocycles. The third-order valence-corrected chi connectivity index (χ3v) is 4.18. The van der Waals surface area contributed by atoms with E-state index >= 15 is 0 Å². The van der Waals surface area contributed by atoms with Crippen LogP contribution in [0.2, 0.25) is 5.02 Å². The van der Waals surface area contributed by atoms with E-state index in [0.29, 0.717) is 23.2 Å². The molecule has 0 spiro atoms. The minimum atomic E-state index is -0.431. The first-order valence-corrected chi connectivity index (χ1v) is 7.68. The lowest BCUT2D eigenvalue weighted by Crippen LogP contribution is -2.43. The normalized spacial score (nSPS) is 16.9. The number of carbonyl (C=O) groups excluding carboxylic acids is 1. The zero-order chi connectivity index (χ0) is 14.5. The number of ether oxygens (including phenoxy) is 1. The van der Waals surface area contributed by atoms with E-state index in [1.54, 1.807) is 12.1 Å². The molecule has 1 aromatic carbocycles. The maximum absolute atomic E-state index is 12.5. The summed E-state index contributed by atoms with van der Waals surface area (Å²) in [5.74, 6) is 0.719. The maximum atomic E-state index is 12.5. The smallest absolute Gasteiger partial charge is 0.263 e. The highest BCUT2D eigenvalue weighted by Crippen LogP contribution is 2.24. The minimum Gasteiger partial charge on any atom is -0.481 e. The Morgan fingerprint density at radius 1 is 1.45 bits per heavy atom. The largest absolute Gasteiger partial charge is 0.481 e. The van der Waals surface area contributed by atoms with Crippen LogP contribution in [0.15, 0.2) is 24.3 Å². The molecule has 1 aliphatic rings. The summed E-state index contributed by atoms with van der Waals surface area (Å²) in [5, 5.41) is 0.619. The number of rotatable bonds is 5. The Bertz CT molecular complexity index is 458. The molecule has 1 aromatic rings. The van der Waals surface area contributed by atoms with Crippen LogP contribution in [0.1, 0.15) is 39.0 Å². The molecule has 20 heavy (non-hydrogen) atoms. The van der Waals surface area contributed by atoms with Crippen molar-refractivity contribution in [2.75, 3.05) is 7.05 Å². The van der Waals surface area contributed by atoms with E-state index in [2.05, 4.69) is 0 Å². The molecule has 3 nitrogen and oxygen atoms in total. The van der Waals surface area contributed by atoms with E-state index < -0.39 is 6.10 Å². The van der Waals surface area contributed by atoms with Gasteiger partial charge in [0, 0.05) is 18.1 Å². The predicted octanol–water partition coefficient (Wildman–Crippen LogP) is 3.90. The number of halogens is 1. The first kappa shape index (κ1) is 15.2. The van der Waals surface area contributed by atoms with Gasteiger partial charge in [-0.05, 0) is 37.5 Å². The first-order chi connectivity index (χ1) is 9.61. The minimum absolute atomic E-state index is 0.0689. The van der Waals surface area contributed by atoms with Gasteiger partial charge in [-0.25, -0.2) is 0 Å². The molecule has 0 aromatic heterocycles. The Morgan fingerprint density at radius 2 is 2.15 bits per heavy atom. The van der Waals surface area contributed by atoms with Crippen molar-refractivity contribution in [3.63, 3.8) is 0 Å². The molecule has 2 rings (SSSR count). The standard InChI is InChI=1S/C16H22ClNO2/c1-3-15(20-14-10-6-7-12(17)11-14)16(19)18(2)13-8-4-5-9-13/h6-7,10-11,13,15H,3-5,8-9H2,1-2H3/t15-/m1/s1. The van der Waals surface area contributed by atoms with Gasteiger partial charge in [0.15, 0.2) is 6.10 Å². The highest BCUT2D eigenvalue weighted by molar-refractivity contribution is 6.30. The number of likely N-dealkylation sites (N-methyl/N-ethyl adjacent to an activating group) is 1. The van der Waals surface area contributed by atoms with Gasteiger partial charge in [-0.2, -0.15) is 0 Å². The molecule has 0 heterocycles. The molecule has 1 saturated carbocycles. The molecule has 1 aliphatic carbocycles. The Balaban J connectivity index is 2.01. The van der Waals surface area contributed by atoms with Crippen LogP contribution in [0.25, 0.3) is 0 Å². The number of hydrogen-bond acceptors (Lipinski definition) is 2. The lowest BCUT2D eigenvalue weighted by molar-refractivity contribution is -0.139. The van der Waals surface area contributed by atoms with E-state index in [9.17, 15) is 4.79 Å². The fourth-order valence-corrected chi connectivity index (χ4v) is 2.89. The molecule has 1 amide bonds.